The van der Waals surface area contributed by atoms with Crippen molar-refractivity contribution in [2.24, 2.45) is 0 Å². The van der Waals surface area contributed by atoms with Gasteiger partial charge in [0.05, 0.1) is 13.2 Å². The molecule has 0 aliphatic carbocycles. The van der Waals surface area contributed by atoms with E-state index in [-0.39, 0.29) is 0 Å². The number of hydrogen-bond donors (Lipinski definition) is 1. The van der Waals surface area contributed by atoms with Crippen LogP contribution in [0.4, 0.5) is 4.39 Å². The second-order valence-electron chi connectivity index (χ2n) is 3.51. The van der Waals surface area contributed by atoms with Gasteiger partial charge in [0, 0.05) is 6.92 Å². The lowest BCUT2D eigenvalue weighted by Crippen LogP contribution is -2.37. The number of methoxy groups -OCH3 is 1. The van der Waals surface area contributed by atoms with Gasteiger partial charge in [-0.15, -0.1) is 0 Å². The van der Waals surface area contributed by atoms with Crippen LogP contribution in [0.2, 0.25) is 0 Å². The van der Waals surface area contributed by atoms with Crippen molar-refractivity contribution in [3.63, 3.8) is 0 Å². The SMILES string of the molecule is COC(=O)[C@@H](F)[C@@H](NC(C)=O)c1ccccc1. The number of amides is 1. The first-order valence-corrected chi connectivity index (χ1v) is 5.10. The standard InChI is InChI=1S/C12H14FNO3/c1-8(15)14-11(10(13)12(16)17-2)9-6-4-3-5-7-9/h3-7,10-11H,1-2H3,(H,14,15)/t10-,11-/m0/s1. The first kappa shape index (κ1) is 13.2. The number of esters is 1. The molecule has 0 heterocycles. The van der Waals surface area contributed by atoms with Crippen LogP contribution in [0.1, 0.15) is 18.5 Å². The van der Waals surface area contributed by atoms with Gasteiger partial charge in [-0.2, -0.15) is 0 Å². The second-order valence-corrected chi connectivity index (χ2v) is 3.51. The number of rotatable bonds is 4. The summed E-state index contributed by atoms with van der Waals surface area (Å²) in [5.41, 5.74) is 0.514. The van der Waals surface area contributed by atoms with Crippen LogP contribution in [0.5, 0.6) is 0 Å². The molecule has 0 saturated heterocycles. The van der Waals surface area contributed by atoms with Gasteiger partial charge >= 0.3 is 5.97 Å². The topological polar surface area (TPSA) is 55.4 Å². The summed E-state index contributed by atoms with van der Waals surface area (Å²) in [5, 5.41) is 2.40. The van der Waals surface area contributed by atoms with E-state index >= 15 is 0 Å². The Morgan fingerprint density at radius 2 is 1.88 bits per heavy atom. The van der Waals surface area contributed by atoms with Crippen molar-refractivity contribution in [1.82, 2.24) is 5.32 Å². The molecule has 0 aromatic heterocycles. The largest absolute Gasteiger partial charge is 0.467 e. The highest BCUT2D eigenvalue weighted by Gasteiger charge is 2.30. The lowest BCUT2D eigenvalue weighted by molar-refractivity contribution is -0.148. The average Bonchev–Trinajstić information content (AvgIpc) is 2.35. The van der Waals surface area contributed by atoms with E-state index in [2.05, 4.69) is 10.1 Å². The van der Waals surface area contributed by atoms with Gasteiger partial charge in [0.15, 0.2) is 0 Å². The summed E-state index contributed by atoms with van der Waals surface area (Å²) >= 11 is 0. The number of carbonyl (C=O) groups is 2. The van der Waals surface area contributed by atoms with Gasteiger partial charge in [-0.25, -0.2) is 9.18 Å². The quantitative estimate of drug-likeness (QED) is 0.807. The normalized spacial score (nSPS) is 13.6. The van der Waals surface area contributed by atoms with Crippen LogP contribution < -0.4 is 5.32 Å². The first-order chi connectivity index (χ1) is 8.06. The summed E-state index contributed by atoms with van der Waals surface area (Å²) in [6.45, 7) is 1.26. The van der Waals surface area contributed by atoms with Gasteiger partial charge < -0.3 is 10.1 Å². The number of carbonyl (C=O) groups excluding carboxylic acids is 2. The maximum absolute atomic E-state index is 13.8. The molecule has 0 bridgehead atoms. The molecule has 1 aromatic carbocycles. The van der Waals surface area contributed by atoms with Crippen LogP contribution in [-0.4, -0.2) is 25.2 Å². The van der Waals surface area contributed by atoms with E-state index in [1.54, 1.807) is 30.3 Å². The van der Waals surface area contributed by atoms with E-state index in [0.29, 0.717) is 5.56 Å². The van der Waals surface area contributed by atoms with E-state index in [9.17, 15) is 14.0 Å². The van der Waals surface area contributed by atoms with Crippen LogP contribution in [0.3, 0.4) is 0 Å². The smallest absolute Gasteiger partial charge is 0.343 e. The van der Waals surface area contributed by atoms with Gasteiger partial charge in [-0.05, 0) is 5.56 Å². The Morgan fingerprint density at radius 3 is 2.35 bits per heavy atom. The van der Waals surface area contributed by atoms with Crippen molar-refractivity contribution < 1.29 is 18.7 Å². The summed E-state index contributed by atoms with van der Waals surface area (Å²) in [4.78, 5) is 22.2. The van der Waals surface area contributed by atoms with E-state index in [1.165, 1.54) is 6.92 Å². The molecule has 1 rings (SSSR count). The fraction of sp³-hybridized carbons (Fsp3) is 0.333. The Morgan fingerprint density at radius 1 is 1.29 bits per heavy atom. The number of hydrogen-bond acceptors (Lipinski definition) is 3. The third-order valence-electron chi connectivity index (χ3n) is 2.24. The molecule has 0 fully saturated rings. The molecule has 4 nitrogen and oxygen atoms in total. The molecule has 17 heavy (non-hydrogen) atoms. The van der Waals surface area contributed by atoms with Crippen LogP contribution in [0.25, 0.3) is 0 Å². The van der Waals surface area contributed by atoms with Crippen molar-refractivity contribution in [3.8, 4) is 0 Å². The summed E-state index contributed by atoms with van der Waals surface area (Å²) in [5.74, 6) is -1.42. The minimum absolute atomic E-state index is 0.412. The molecule has 0 radical (unpaired) electrons. The zero-order chi connectivity index (χ0) is 12.8. The highest BCUT2D eigenvalue weighted by atomic mass is 19.1. The third kappa shape index (κ3) is 3.55. The molecule has 0 spiro atoms. The van der Waals surface area contributed by atoms with Crippen molar-refractivity contribution >= 4 is 11.9 Å². The fourth-order valence-electron chi connectivity index (χ4n) is 1.45. The molecule has 92 valence electrons. The fourth-order valence-corrected chi connectivity index (χ4v) is 1.45. The highest BCUT2D eigenvalue weighted by Crippen LogP contribution is 2.20. The van der Waals surface area contributed by atoms with Crippen LogP contribution in [0.15, 0.2) is 30.3 Å². The molecule has 0 aliphatic heterocycles. The average molecular weight is 239 g/mol. The Balaban J connectivity index is 2.95. The molecule has 0 aliphatic rings. The predicted octanol–water partition coefficient (Wildman–Crippen LogP) is 1.37. The van der Waals surface area contributed by atoms with E-state index in [1.807, 2.05) is 0 Å². The van der Waals surface area contributed by atoms with E-state index in [4.69, 9.17) is 0 Å². The summed E-state index contributed by atoms with van der Waals surface area (Å²) < 4.78 is 18.1. The lowest BCUT2D eigenvalue weighted by Gasteiger charge is -2.20. The van der Waals surface area contributed by atoms with Gasteiger partial charge in [-0.1, -0.05) is 30.3 Å². The molecule has 1 aromatic rings. The van der Waals surface area contributed by atoms with E-state index < -0.39 is 24.1 Å². The lowest BCUT2D eigenvalue weighted by atomic mass is 10.0. The van der Waals surface area contributed by atoms with Gasteiger partial charge in [-0.3, -0.25) is 4.79 Å². The molecular weight excluding hydrogens is 225 g/mol. The van der Waals surface area contributed by atoms with Gasteiger partial charge in [0.1, 0.15) is 0 Å². The maximum Gasteiger partial charge on any atom is 0.343 e. The number of nitrogens with one attached hydrogen (secondary N) is 1. The van der Waals surface area contributed by atoms with Crippen LogP contribution in [0, 0.1) is 0 Å². The Kier molecular flexibility index (Phi) is 4.63. The summed E-state index contributed by atoms with van der Waals surface area (Å²) in [6, 6.07) is 7.41. The number of benzene rings is 1. The molecule has 0 unspecified atom stereocenters. The molecular formula is C12H14FNO3. The second kappa shape index (κ2) is 5.98. The first-order valence-electron chi connectivity index (χ1n) is 5.10. The van der Waals surface area contributed by atoms with Crippen molar-refractivity contribution in [3.05, 3.63) is 35.9 Å². The Hall–Kier alpha value is -1.91. The molecule has 2 atom stereocenters. The number of halogens is 1. The molecule has 0 saturated carbocycles. The van der Waals surface area contributed by atoms with E-state index in [0.717, 1.165) is 7.11 Å². The minimum atomic E-state index is -1.92. The highest BCUT2D eigenvalue weighted by molar-refractivity contribution is 5.78. The Bertz CT molecular complexity index is 394. The maximum atomic E-state index is 13.8. The third-order valence-corrected chi connectivity index (χ3v) is 2.24. The van der Waals surface area contributed by atoms with Crippen molar-refractivity contribution in [2.75, 3.05) is 7.11 Å². The molecule has 1 amide bonds. The number of ether oxygens (including phenoxy) is 1. The predicted molar refractivity (Wildman–Crippen MR) is 59.9 cm³/mol. The van der Waals surface area contributed by atoms with Crippen LogP contribution in [-0.2, 0) is 14.3 Å². The van der Waals surface area contributed by atoms with Gasteiger partial charge in [0.25, 0.3) is 0 Å². The number of alkyl halides is 1. The van der Waals surface area contributed by atoms with Crippen molar-refractivity contribution in [2.45, 2.75) is 19.1 Å². The zero-order valence-electron chi connectivity index (χ0n) is 9.64. The molecule has 5 heteroatoms. The monoisotopic (exact) mass is 239 g/mol. The summed E-state index contributed by atoms with van der Waals surface area (Å²) in [6.07, 6.45) is -1.92. The molecule has 1 N–H and O–H groups in total. The minimum Gasteiger partial charge on any atom is -0.467 e. The van der Waals surface area contributed by atoms with Crippen molar-refractivity contribution in [1.29, 1.82) is 0 Å². The zero-order valence-corrected chi connectivity index (χ0v) is 9.64. The van der Waals surface area contributed by atoms with Gasteiger partial charge in [0.2, 0.25) is 12.1 Å². The van der Waals surface area contributed by atoms with Crippen LogP contribution >= 0.6 is 0 Å². The Labute approximate surface area is 98.8 Å². The summed E-state index contributed by atoms with van der Waals surface area (Å²) in [7, 11) is 1.10.